The minimum absolute atomic E-state index is 0.221. The average molecular weight is 223 g/mol. The molecule has 16 heavy (non-hydrogen) atoms. The molecule has 0 aliphatic carbocycles. The first-order chi connectivity index (χ1) is 7.88. The van der Waals surface area contributed by atoms with Gasteiger partial charge >= 0.3 is 0 Å². The number of aromatic nitrogens is 2. The van der Waals surface area contributed by atoms with Gasteiger partial charge in [-0.05, 0) is 26.0 Å². The number of nitrogens with one attached hydrogen (secondary N) is 1. The Morgan fingerprint density at radius 3 is 3.06 bits per heavy atom. The monoisotopic (exact) mass is 223 g/mol. The van der Waals surface area contributed by atoms with Crippen molar-refractivity contribution in [2.45, 2.75) is 25.5 Å². The van der Waals surface area contributed by atoms with Crippen LogP contribution in [0.5, 0.6) is 5.88 Å². The molecule has 0 bridgehead atoms. The number of nitrogens with zero attached hydrogens (tertiary/aromatic N) is 2. The van der Waals surface area contributed by atoms with E-state index in [2.05, 4.69) is 15.5 Å². The Hall–Kier alpha value is -1.20. The van der Waals surface area contributed by atoms with Gasteiger partial charge in [0.15, 0.2) is 0 Å². The molecule has 0 saturated carbocycles. The molecule has 0 aromatic carbocycles. The van der Waals surface area contributed by atoms with Crippen molar-refractivity contribution in [3.8, 4) is 5.88 Å². The van der Waals surface area contributed by atoms with E-state index < -0.39 is 0 Å². The summed E-state index contributed by atoms with van der Waals surface area (Å²) in [5, 5.41) is 11.0. The molecule has 1 aliphatic rings. The van der Waals surface area contributed by atoms with E-state index in [1.165, 1.54) is 0 Å². The van der Waals surface area contributed by atoms with E-state index in [1.807, 2.05) is 19.2 Å². The Kier molecular flexibility index (Phi) is 4.07. The number of hydrogen-bond acceptors (Lipinski definition) is 5. The maximum atomic E-state index is 5.50. The van der Waals surface area contributed by atoms with Gasteiger partial charge in [0.25, 0.3) is 0 Å². The lowest BCUT2D eigenvalue weighted by Gasteiger charge is -2.10. The Morgan fingerprint density at radius 1 is 1.50 bits per heavy atom. The third-order valence-corrected chi connectivity index (χ3v) is 2.49. The molecule has 2 heterocycles. The van der Waals surface area contributed by atoms with Crippen LogP contribution in [0, 0.1) is 0 Å². The Morgan fingerprint density at radius 2 is 2.44 bits per heavy atom. The standard InChI is InChI=1S/C11H17N3O2/c1-12-7-9-4-5-11(14-13-9)16-8-10-3-2-6-15-10/h4-5,10,12H,2-3,6-8H2,1H3. The average Bonchev–Trinajstić information content (AvgIpc) is 2.82. The summed E-state index contributed by atoms with van der Waals surface area (Å²) in [6, 6.07) is 3.75. The number of rotatable bonds is 5. The normalized spacial score (nSPS) is 19.9. The lowest BCUT2D eigenvalue weighted by molar-refractivity contribution is 0.0659. The molecule has 5 nitrogen and oxygen atoms in total. The van der Waals surface area contributed by atoms with Crippen LogP contribution in [0.2, 0.25) is 0 Å². The Labute approximate surface area is 95.2 Å². The van der Waals surface area contributed by atoms with Crippen LogP contribution in [-0.4, -0.2) is 36.6 Å². The van der Waals surface area contributed by atoms with Gasteiger partial charge in [0.05, 0.1) is 11.8 Å². The highest BCUT2D eigenvalue weighted by atomic mass is 16.5. The van der Waals surface area contributed by atoms with Crippen LogP contribution in [0.1, 0.15) is 18.5 Å². The second kappa shape index (κ2) is 5.77. The lowest BCUT2D eigenvalue weighted by Crippen LogP contribution is -2.17. The zero-order chi connectivity index (χ0) is 11.2. The third-order valence-electron chi connectivity index (χ3n) is 2.49. The van der Waals surface area contributed by atoms with Crippen LogP contribution < -0.4 is 10.1 Å². The molecule has 1 unspecified atom stereocenters. The Bertz CT molecular complexity index is 310. The second-order valence-corrected chi connectivity index (χ2v) is 3.84. The van der Waals surface area contributed by atoms with Gasteiger partial charge in [0, 0.05) is 19.2 Å². The molecular formula is C11H17N3O2. The number of ether oxygens (including phenoxy) is 2. The van der Waals surface area contributed by atoms with Crippen LogP contribution in [-0.2, 0) is 11.3 Å². The van der Waals surface area contributed by atoms with Gasteiger partial charge < -0.3 is 14.8 Å². The minimum Gasteiger partial charge on any atom is -0.474 e. The van der Waals surface area contributed by atoms with Crippen LogP contribution in [0.25, 0.3) is 0 Å². The molecule has 1 saturated heterocycles. The molecule has 0 spiro atoms. The van der Waals surface area contributed by atoms with Crippen molar-refractivity contribution in [1.82, 2.24) is 15.5 Å². The van der Waals surface area contributed by atoms with Gasteiger partial charge in [-0.3, -0.25) is 0 Å². The summed E-state index contributed by atoms with van der Waals surface area (Å²) in [5.74, 6) is 0.565. The molecule has 1 aliphatic heterocycles. The van der Waals surface area contributed by atoms with Crippen molar-refractivity contribution in [1.29, 1.82) is 0 Å². The summed E-state index contributed by atoms with van der Waals surface area (Å²) in [5.41, 5.74) is 0.909. The van der Waals surface area contributed by atoms with Gasteiger partial charge in [0.1, 0.15) is 6.61 Å². The molecule has 2 rings (SSSR count). The van der Waals surface area contributed by atoms with E-state index in [9.17, 15) is 0 Å². The minimum atomic E-state index is 0.221. The molecule has 1 aromatic heterocycles. The SMILES string of the molecule is CNCc1ccc(OCC2CCCO2)nn1. The van der Waals surface area contributed by atoms with E-state index in [4.69, 9.17) is 9.47 Å². The fourth-order valence-electron chi connectivity index (χ4n) is 1.65. The summed E-state index contributed by atoms with van der Waals surface area (Å²) in [7, 11) is 1.88. The highest BCUT2D eigenvalue weighted by molar-refractivity contribution is 5.11. The molecule has 0 amide bonds. The zero-order valence-electron chi connectivity index (χ0n) is 9.48. The van der Waals surface area contributed by atoms with Crippen LogP contribution >= 0.6 is 0 Å². The van der Waals surface area contributed by atoms with Crippen molar-refractivity contribution in [3.05, 3.63) is 17.8 Å². The summed E-state index contributed by atoms with van der Waals surface area (Å²) in [6.45, 7) is 2.14. The van der Waals surface area contributed by atoms with Gasteiger partial charge in [-0.25, -0.2) is 0 Å². The molecule has 0 radical (unpaired) electrons. The van der Waals surface area contributed by atoms with Crippen molar-refractivity contribution >= 4 is 0 Å². The quantitative estimate of drug-likeness (QED) is 0.798. The van der Waals surface area contributed by atoms with E-state index in [-0.39, 0.29) is 6.10 Å². The smallest absolute Gasteiger partial charge is 0.233 e. The highest BCUT2D eigenvalue weighted by Gasteiger charge is 2.16. The molecule has 1 fully saturated rings. The van der Waals surface area contributed by atoms with E-state index in [0.29, 0.717) is 12.5 Å². The van der Waals surface area contributed by atoms with Crippen LogP contribution in [0.4, 0.5) is 0 Å². The first-order valence-electron chi connectivity index (χ1n) is 5.60. The van der Waals surface area contributed by atoms with Crippen LogP contribution in [0.3, 0.4) is 0 Å². The van der Waals surface area contributed by atoms with E-state index in [1.54, 1.807) is 0 Å². The predicted octanol–water partition coefficient (Wildman–Crippen LogP) is 0.754. The van der Waals surface area contributed by atoms with Crippen molar-refractivity contribution in [3.63, 3.8) is 0 Å². The first kappa shape index (κ1) is 11.3. The highest BCUT2D eigenvalue weighted by Crippen LogP contribution is 2.13. The van der Waals surface area contributed by atoms with Crippen LogP contribution in [0.15, 0.2) is 12.1 Å². The first-order valence-corrected chi connectivity index (χ1v) is 5.60. The largest absolute Gasteiger partial charge is 0.474 e. The zero-order valence-corrected chi connectivity index (χ0v) is 9.48. The van der Waals surface area contributed by atoms with E-state index in [0.717, 1.165) is 31.7 Å². The van der Waals surface area contributed by atoms with Gasteiger partial charge in [-0.1, -0.05) is 0 Å². The molecule has 88 valence electrons. The molecule has 1 atom stereocenters. The maximum absolute atomic E-state index is 5.50. The van der Waals surface area contributed by atoms with Gasteiger partial charge in [-0.15, -0.1) is 5.10 Å². The Balaban J connectivity index is 1.80. The maximum Gasteiger partial charge on any atom is 0.233 e. The van der Waals surface area contributed by atoms with Gasteiger partial charge in [0.2, 0.25) is 5.88 Å². The molecule has 1 aromatic rings. The topological polar surface area (TPSA) is 56.3 Å². The second-order valence-electron chi connectivity index (χ2n) is 3.84. The summed E-state index contributed by atoms with van der Waals surface area (Å²) in [6.07, 6.45) is 2.42. The van der Waals surface area contributed by atoms with Crippen molar-refractivity contribution < 1.29 is 9.47 Å². The molecule has 1 N–H and O–H groups in total. The molecular weight excluding hydrogens is 206 g/mol. The molecule has 5 heteroatoms. The van der Waals surface area contributed by atoms with Crippen molar-refractivity contribution in [2.75, 3.05) is 20.3 Å². The summed E-state index contributed by atoms with van der Waals surface area (Å²) >= 11 is 0. The summed E-state index contributed by atoms with van der Waals surface area (Å²) in [4.78, 5) is 0. The van der Waals surface area contributed by atoms with E-state index >= 15 is 0 Å². The fraction of sp³-hybridized carbons (Fsp3) is 0.636. The lowest BCUT2D eigenvalue weighted by atomic mass is 10.2. The predicted molar refractivity (Wildman–Crippen MR) is 59.3 cm³/mol. The van der Waals surface area contributed by atoms with Crippen molar-refractivity contribution in [2.24, 2.45) is 0 Å². The van der Waals surface area contributed by atoms with Gasteiger partial charge in [-0.2, -0.15) is 5.10 Å². The third kappa shape index (κ3) is 3.15. The fourth-order valence-corrected chi connectivity index (χ4v) is 1.65. The number of hydrogen-bond donors (Lipinski definition) is 1. The summed E-state index contributed by atoms with van der Waals surface area (Å²) < 4.78 is 11.0.